The number of nitrogens with one attached hydrogen (secondary N) is 4. The number of hydrogen-bond donors (Lipinski definition) is 4. The van der Waals surface area contributed by atoms with Gasteiger partial charge in [0.1, 0.15) is 11.4 Å². The number of carbonyl (C=O) groups excluding carboxylic acids is 6. The molecule has 2 unspecified atom stereocenters. The number of azo groups is 2. The molecule has 5 aromatic carbocycles. The molecule has 0 aliphatic carbocycles. The zero-order valence-corrected chi connectivity index (χ0v) is 38.3. The second-order valence-electron chi connectivity index (χ2n) is 13.8. The van der Waals surface area contributed by atoms with E-state index in [1.807, 2.05) is 12.1 Å². The van der Waals surface area contributed by atoms with E-state index >= 15 is 0 Å². The van der Waals surface area contributed by atoms with E-state index in [-0.39, 0.29) is 54.0 Å². The number of anilines is 4. The fourth-order valence-electron chi connectivity index (χ4n) is 5.71. The number of ketones is 2. The van der Waals surface area contributed by atoms with E-state index in [4.69, 9.17) is 69.6 Å². The summed E-state index contributed by atoms with van der Waals surface area (Å²) >= 11 is 37.3. The highest BCUT2D eigenvalue weighted by molar-refractivity contribution is 6.38. The second kappa shape index (κ2) is 23.3. The lowest BCUT2D eigenvalue weighted by Crippen LogP contribution is -2.32. The van der Waals surface area contributed by atoms with Crippen LogP contribution in [-0.2, 0) is 32.0 Å². The molecule has 64 heavy (non-hydrogen) atoms. The number of halogens is 6. The molecule has 0 spiro atoms. The highest BCUT2D eigenvalue weighted by Gasteiger charge is 2.27. The van der Waals surface area contributed by atoms with Crippen molar-refractivity contribution in [1.82, 2.24) is 0 Å². The van der Waals surface area contributed by atoms with Gasteiger partial charge in [-0.1, -0.05) is 70.7 Å². The van der Waals surface area contributed by atoms with Crippen molar-refractivity contribution in [3.05, 3.63) is 139 Å². The zero-order valence-electron chi connectivity index (χ0n) is 33.7. The Morgan fingerprint density at radius 2 is 0.891 bits per heavy atom. The van der Waals surface area contributed by atoms with Crippen LogP contribution in [0.2, 0.25) is 20.1 Å². The molecular weight excluding hydrogens is 949 g/mol. The number of carbonyl (C=O) groups is 6. The Morgan fingerprint density at radius 3 is 1.25 bits per heavy atom. The van der Waals surface area contributed by atoms with Crippen LogP contribution in [0.15, 0.2) is 118 Å². The molecule has 0 aromatic heterocycles. The maximum Gasteiger partial charge on any atom is 0.258 e. The summed E-state index contributed by atoms with van der Waals surface area (Å²) in [6.07, 6.45) is 1.24. The van der Waals surface area contributed by atoms with E-state index < -0.39 is 47.3 Å². The Balaban J connectivity index is 1.25. The van der Waals surface area contributed by atoms with E-state index in [9.17, 15) is 28.8 Å². The number of alkyl halides is 2. The van der Waals surface area contributed by atoms with Gasteiger partial charge in [-0.25, -0.2) is 0 Å². The maximum absolute atomic E-state index is 13.3. The molecule has 0 fully saturated rings. The van der Waals surface area contributed by atoms with Crippen molar-refractivity contribution in [2.24, 2.45) is 20.5 Å². The van der Waals surface area contributed by atoms with Gasteiger partial charge in [-0.2, -0.15) is 20.5 Å². The second-order valence-corrected chi connectivity index (χ2v) is 16.2. The third-order valence-electron chi connectivity index (χ3n) is 8.95. The van der Waals surface area contributed by atoms with Crippen LogP contribution < -0.4 is 21.3 Å². The van der Waals surface area contributed by atoms with E-state index in [0.29, 0.717) is 36.0 Å². The molecule has 0 saturated carbocycles. The van der Waals surface area contributed by atoms with Gasteiger partial charge < -0.3 is 21.3 Å². The van der Waals surface area contributed by atoms with E-state index in [1.54, 1.807) is 36.4 Å². The highest BCUT2D eigenvalue weighted by atomic mass is 35.5. The van der Waals surface area contributed by atoms with Crippen LogP contribution >= 0.6 is 69.6 Å². The number of nitrogens with zero attached hydrogens (tertiary/aromatic N) is 4. The van der Waals surface area contributed by atoms with Crippen molar-refractivity contribution in [2.45, 2.75) is 38.8 Å². The summed E-state index contributed by atoms with van der Waals surface area (Å²) in [5.41, 5.74) is 3.21. The zero-order chi connectivity index (χ0) is 46.5. The summed E-state index contributed by atoms with van der Waals surface area (Å²) in [5, 5.41) is 26.3. The van der Waals surface area contributed by atoms with Crippen molar-refractivity contribution >= 4 is 139 Å². The summed E-state index contributed by atoms with van der Waals surface area (Å²) in [4.78, 5) is 77.9. The topological polar surface area (TPSA) is 200 Å². The van der Waals surface area contributed by atoms with Crippen LogP contribution in [0.4, 0.5) is 34.1 Å². The van der Waals surface area contributed by atoms with Gasteiger partial charge in [-0.3, -0.25) is 28.8 Å². The molecule has 0 heterocycles. The SMILES string of the molecule is CC(=O)C(N=Nc1cc(C(=O)Nc2cccc(CCCl)c2)ccc1Cl)C(=O)Nc1cc(Cl)c(NC(=O)C(N=Nc2cc(C(=O)Nc3cccc(CCCl)c3)ccc2Cl)C(C)=O)cc1Cl. The number of amides is 4. The smallest absolute Gasteiger partial charge is 0.258 e. The molecule has 0 radical (unpaired) electrons. The minimum Gasteiger partial charge on any atom is -0.322 e. The van der Waals surface area contributed by atoms with Crippen LogP contribution in [0, 0.1) is 0 Å². The van der Waals surface area contributed by atoms with Gasteiger partial charge in [0.05, 0.1) is 31.5 Å². The first kappa shape index (κ1) is 49.3. The summed E-state index contributed by atoms with van der Waals surface area (Å²) in [6, 6.07) is 21.9. The van der Waals surface area contributed by atoms with Gasteiger partial charge in [0, 0.05) is 34.3 Å². The molecule has 4 amide bonds. The van der Waals surface area contributed by atoms with Crippen molar-refractivity contribution in [3.63, 3.8) is 0 Å². The van der Waals surface area contributed by atoms with Gasteiger partial charge >= 0.3 is 0 Å². The van der Waals surface area contributed by atoms with Crippen LogP contribution in [0.1, 0.15) is 45.7 Å². The molecule has 0 bridgehead atoms. The van der Waals surface area contributed by atoms with Crippen LogP contribution in [0.3, 0.4) is 0 Å². The van der Waals surface area contributed by atoms with Crippen molar-refractivity contribution in [3.8, 4) is 0 Å². The highest BCUT2D eigenvalue weighted by Crippen LogP contribution is 2.34. The monoisotopic (exact) mass is 982 g/mol. The molecule has 0 aliphatic heterocycles. The molecule has 5 rings (SSSR count). The van der Waals surface area contributed by atoms with Crippen LogP contribution in [0.5, 0.6) is 0 Å². The molecule has 20 heteroatoms. The Hall–Kier alpha value is -5.74. The third-order valence-corrected chi connectivity index (χ3v) is 10.6. The Labute approximate surface area is 397 Å². The van der Waals surface area contributed by atoms with E-state index in [2.05, 4.69) is 41.7 Å². The van der Waals surface area contributed by atoms with Crippen molar-refractivity contribution in [2.75, 3.05) is 33.0 Å². The average molecular weight is 986 g/mol. The third kappa shape index (κ3) is 13.6. The van der Waals surface area contributed by atoms with Gasteiger partial charge in [-0.05, 0) is 111 Å². The summed E-state index contributed by atoms with van der Waals surface area (Å²) in [5.74, 6) is -3.38. The van der Waals surface area contributed by atoms with E-state index in [0.717, 1.165) is 25.0 Å². The molecule has 2 atom stereocenters. The van der Waals surface area contributed by atoms with Gasteiger partial charge in [-0.15, -0.1) is 23.2 Å². The quantitative estimate of drug-likeness (QED) is 0.0382. The number of benzene rings is 5. The minimum atomic E-state index is -1.68. The summed E-state index contributed by atoms with van der Waals surface area (Å²) < 4.78 is 0. The normalized spacial score (nSPS) is 12.1. The maximum atomic E-state index is 13.3. The standard InChI is InChI=1S/C44H36Cl6N8O6/c1-23(59)39(57-55-37-19-27(9-11-31(37)47)41(61)51-29-7-3-5-25(17-29)13-15-45)43(63)53-35-21-34(50)36(22-33(35)49)54-44(64)40(24(2)60)58-56-38-20-28(10-12-32(38)48)42(62)52-30-8-4-6-26(18-30)14-16-46/h3-12,17-22,39-40H,13-16H2,1-2H3,(H,51,61)(H,52,62)(H,53,63)(H,54,64). The van der Waals surface area contributed by atoms with Gasteiger partial charge in [0.25, 0.3) is 23.6 Å². The summed E-state index contributed by atoms with van der Waals surface area (Å²) in [7, 11) is 0. The molecule has 0 saturated heterocycles. The van der Waals surface area contributed by atoms with Crippen LogP contribution in [0.25, 0.3) is 0 Å². The Bertz CT molecular complexity index is 2500. The lowest BCUT2D eigenvalue weighted by atomic mass is 10.1. The van der Waals surface area contributed by atoms with Crippen molar-refractivity contribution < 1.29 is 28.8 Å². The molecule has 0 aliphatic rings. The van der Waals surface area contributed by atoms with Crippen LogP contribution in [-0.4, -0.2) is 59.0 Å². The number of rotatable bonds is 18. The van der Waals surface area contributed by atoms with Crippen molar-refractivity contribution in [1.29, 1.82) is 0 Å². The Kier molecular flexibility index (Phi) is 17.9. The fourth-order valence-corrected chi connectivity index (χ4v) is 6.88. The fraction of sp³-hybridized carbons (Fsp3) is 0.182. The van der Waals surface area contributed by atoms with Gasteiger partial charge in [0.15, 0.2) is 11.6 Å². The molecular formula is C44H36Cl6N8O6. The predicted octanol–water partition coefficient (Wildman–Crippen LogP) is 11.7. The molecule has 5 aromatic rings. The van der Waals surface area contributed by atoms with E-state index in [1.165, 1.54) is 48.5 Å². The number of Topliss-reactive ketones (excluding diaryl/α,β-unsaturated/α-hetero) is 2. The molecule has 14 nitrogen and oxygen atoms in total. The van der Waals surface area contributed by atoms with Gasteiger partial charge in [0.2, 0.25) is 12.1 Å². The Morgan fingerprint density at radius 1 is 0.500 bits per heavy atom. The summed E-state index contributed by atoms with van der Waals surface area (Å²) in [6.45, 7) is 2.24. The first-order chi connectivity index (χ1) is 30.6. The first-order valence-corrected chi connectivity index (χ1v) is 21.6. The lowest BCUT2D eigenvalue weighted by molar-refractivity contribution is -0.127. The largest absolute Gasteiger partial charge is 0.322 e. The first-order valence-electron chi connectivity index (χ1n) is 19.0. The average Bonchev–Trinajstić information content (AvgIpc) is 3.24. The molecule has 330 valence electrons. The lowest BCUT2D eigenvalue weighted by Gasteiger charge is -2.15. The minimum absolute atomic E-state index is 0.00839. The number of hydrogen-bond acceptors (Lipinski definition) is 10. The number of aryl methyl sites for hydroxylation is 2. The predicted molar refractivity (Wildman–Crippen MR) is 252 cm³/mol. The molecule has 4 N–H and O–H groups in total.